The maximum absolute atomic E-state index is 10.8. The highest BCUT2D eigenvalue weighted by molar-refractivity contribution is 9.10. The first-order chi connectivity index (χ1) is 9.10. The first-order valence-electron chi connectivity index (χ1n) is 5.39. The number of thiophene rings is 1. The van der Waals surface area contributed by atoms with Gasteiger partial charge in [-0.3, -0.25) is 10.1 Å². The highest BCUT2D eigenvalue weighted by Gasteiger charge is 2.14. The lowest BCUT2D eigenvalue weighted by atomic mass is 10.2. The minimum absolute atomic E-state index is 0.0353. The van der Waals surface area contributed by atoms with Crippen LogP contribution in [0.1, 0.15) is 4.88 Å². The van der Waals surface area contributed by atoms with Gasteiger partial charge in [0.25, 0.3) is 0 Å². The molecule has 0 saturated carbocycles. The van der Waals surface area contributed by atoms with Gasteiger partial charge in [-0.15, -0.1) is 11.3 Å². The van der Waals surface area contributed by atoms with Gasteiger partial charge < -0.3 is 10.1 Å². The summed E-state index contributed by atoms with van der Waals surface area (Å²) in [5.41, 5.74) is 0.749. The van der Waals surface area contributed by atoms with Gasteiger partial charge in [-0.2, -0.15) is 0 Å². The number of ether oxygens (including phenoxy) is 1. The third-order valence-electron chi connectivity index (χ3n) is 2.46. The topological polar surface area (TPSA) is 64.4 Å². The molecule has 0 aliphatic rings. The molecule has 5 nitrogen and oxygen atoms in total. The van der Waals surface area contributed by atoms with Crippen LogP contribution in [0.2, 0.25) is 0 Å². The number of methoxy groups -OCH3 is 1. The third kappa shape index (κ3) is 3.45. The number of rotatable bonds is 5. The first kappa shape index (κ1) is 13.8. The summed E-state index contributed by atoms with van der Waals surface area (Å²) in [5, 5.41) is 16.0. The number of hydrogen-bond acceptors (Lipinski definition) is 5. The fraction of sp³-hybridized carbons (Fsp3) is 0.167. The summed E-state index contributed by atoms with van der Waals surface area (Å²) in [7, 11) is 1.42. The Balaban J connectivity index is 2.11. The highest BCUT2D eigenvalue weighted by Crippen LogP contribution is 2.30. The first-order valence-corrected chi connectivity index (χ1v) is 7.06. The molecule has 19 heavy (non-hydrogen) atoms. The van der Waals surface area contributed by atoms with Gasteiger partial charge in [0.15, 0.2) is 5.75 Å². The quantitative estimate of drug-likeness (QED) is 0.657. The molecule has 2 aromatic rings. The second-order valence-corrected chi connectivity index (χ2v) is 5.64. The maximum Gasteiger partial charge on any atom is 0.311 e. The molecule has 1 aromatic heterocycles. The zero-order valence-electron chi connectivity index (χ0n) is 10.1. The molecule has 1 aromatic carbocycles. The normalized spacial score (nSPS) is 10.2. The number of nitro groups is 1. The van der Waals surface area contributed by atoms with E-state index in [9.17, 15) is 10.1 Å². The largest absolute Gasteiger partial charge is 0.490 e. The average molecular weight is 343 g/mol. The summed E-state index contributed by atoms with van der Waals surface area (Å²) in [6.07, 6.45) is 0. The molecular weight excluding hydrogens is 332 g/mol. The third-order valence-corrected chi connectivity index (χ3v) is 4.16. The predicted molar refractivity (Wildman–Crippen MR) is 79.0 cm³/mol. The van der Waals surface area contributed by atoms with Crippen LogP contribution in [0.15, 0.2) is 34.1 Å². The van der Waals surface area contributed by atoms with E-state index in [1.54, 1.807) is 23.5 Å². The van der Waals surface area contributed by atoms with Crippen LogP contribution >= 0.6 is 27.3 Å². The molecule has 1 heterocycles. The second kappa shape index (κ2) is 6.03. The van der Waals surface area contributed by atoms with Crippen LogP contribution in [0.4, 0.5) is 11.4 Å². The molecule has 2 rings (SSSR count). The van der Waals surface area contributed by atoms with Crippen LogP contribution in [0, 0.1) is 10.1 Å². The van der Waals surface area contributed by atoms with Gasteiger partial charge >= 0.3 is 5.69 Å². The van der Waals surface area contributed by atoms with Crippen LogP contribution in [0.5, 0.6) is 5.75 Å². The minimum Gasteiger partial charge on any atom is -0.490 e. The van der Waals surface area contributed by atoms with Crippen molar-refractivity contribution in [1.29, 1.82) is 0 Å². The van der Waals surface area contributed by atoms with Crippen molar-refractivity contribution in [2.75, 3.05) is 12.4 Å². The summed E-state index contributed by atoms with van der Waals surface area (Å²) in [6, 6.07) is 6.76. The summed E-state index contributed by atoms with van der Waals surface area (Å²) >= 11 is 5.03. The Labute approximate surface area is 122 Å². The average Bonchev–Trinajstić information content (AvgIpc) is 2.81. The van der Waals surface area contributed by atoms with E-state index in [-0.39, 0.29) is 11.4 Å². The Morgan fingerprint density at radius 3 is 2.84 bits per heavy atom. The molecule has 0 aliphatic heterocycles. The van der Waals surface area contributed by atoms with E-state index < -0.39 is 4.92 Å². The van der Waals surface area contributed by atoms with Crippen molar-refractivity contribution in [3.8, 4) is 5.75 Å². The number of anilines is 1. The number of nitro benzene ring substituents is 1. The van der Waals surface area contributed by atoms with Crippen molar-refractivity contribution in [3.05, 3.63) is 49.1 Å². The number of hydrogen-bond donors (Lipinski definition) is 1. The van der Waals surface area contributed by atoms with E-state index in [2.05, 4.69) is 21.2 Å². The lowest BCUT2D eigenvalue weighted by molar-refractivity contribution is -0.385. The fourth-order valence-corrected chi connectivity index (χ4v) is 2.96. The number of nitrogens with zero attached hydrogens (tertiary/aromatic N) is 1. The summed E-state index contributed by atoms with van der Waals surface area (Å²) < 4.78 is 6.07. The van der Waals surface area contributed by atoms with Gasteiger partial charge in [-0.25, -0.2) is 0 Å². The number of halogens is 1. The van der Waals surface area contributed by atoms with Crippen LogP contribution in [-0.2, 0) is 6.54 Å². The number of benzene rings is 1. The lowest BCUT2D eigenvalue weighted by Crippen LogP contribution is -1.99. The van der Waals surface area contributed by atoms with E-state index in [0.29, 0.717) is 6.54 Å². The van der Waals surface area contributed by atoms with Gasteiger partial charge in [-0.05, 0) is 28.1 Å². The molecule has 1 N–H and O–H groups in total. The van der Waals surface area contributed by atoms with Crippen molar-refractivity contribution in [2.24, 2.45) is 0 Å². The zero-order valence-corrected chi connectivity index (χ0v) is 12.5. The molecule has 0 radical (unpaired) electrons. The van der Waals surface area contributed by atoms with E-state index in [4.69, 9.17) is 4.74 Å². The maximum atomic E-state index is 10.8. The second-order valence-electron chi connectivity index (χ2n) is 3.73. The van der Waals surface area contributed by atoms with E-state index in [1.807, 2.05) is 11.4 Å². The van der Waals surface area contributed by atoms with Crippen LogP contribution in [0.3, 0.4) is 0 Å². The molecule has 0 saturated heterocycles. The fourth-order valence-electron chi connectivity index (χ4n) is 1.57. The van der Waals surface area contributed by atoms with Gasteiger partial charge in [-0.1, -0.05) is 0 Å². The van der Waals surface area contributed by atoms with E-state index in [0.717, 1.165) is 10.2 Å². The Morgan fingerprint density at radius 1 is 1.47 bits per heavy atom. The summed E-state index contributed by atoms with van der Waals surface area (Å²) in [6.45, 7) is 0.664. The van der Waals surface area contributed by atoms with E-state index >= 15 is 0 Å². The minimum atomic E-state index is -0.459. The smallest absolute Gasteiger partial charge is 0.311 e. The SMILES string of the molecule is COc1cc(NCc2cc(Br)cs2)ccc1[N+](=O)[O-]. The van der Waals surface area contributed by atoms with Gasteiger partial charge in [0.05, 0.1) is 12.0 Å². The molecule has 0 fully saturated rings. The molecule has 7 heteroatoms. The van der Waals surface area contributed by atoms with Gasteiger partial charge in [0.2, 0.25) is 0 Å². The van der Waals surface area contributed by atoms with Gasteiger partial charge in [0.1, 0.15) is 0 Å². The molecule has 0 bridgehead atoms. The zero-order chi connectivity index (χ0) is 13.8. The Kier molecular flexibility index (Phi) is 4.39. The van der Waals surface area contributed by atoms with Crippen molar-refractivity contribution >= 4 is 38.6 Å². The van der Waals surface area contributed by atoms with Crippen molar-refractivity contribution in [2.45, 2.75) is 6.54 Å². The number of nitrogens with one attached hydrogen (secondary N) is 1. The molecule has 0 spiro atoms. The van der Waals surface area contributed by atoms with Crippen molar-refractivity contribution in [3.63, 3.8) is 0 Å². The van der Waals surface area contributed by atoms with Crippen LogP contribution in [-0.4, -0.2) is 12.0 Å². The molecule has 0 atom stereocenters. The summed E-state index contributed by atoms with van der Waals surface area (Å²) in [5.74, 6) is 0.252. The Bertz CT molecular complexity index is 600. The molecule has 100 valence electrons. The van der Waals surface area contributed by atoms with E-state index in [1.165, 1.54) is 18.1 Å². The van der Waals surface area contributed by atoms with Crippen molar-refractivity contribution < 1.29 is 9.66 Å². The van der Waals surface area contributed by atoms with Crippen molar-refractivity contribution in [1.82, 2.24) is 0 Å². The van der Waals surface area contributed by atoms with Crippen LogP contribution < -0.4 is 10.1 Å². The monoisotopic (exact) mass is 342 g/mol. The molecular formula is C12H11BrN2O3S. The predicted octanol–water partition coefficient (Wildman–Crippen LogP) is 4.04. The Hall–Kier alpha value is -1.60. The standard InChI is InChI=1S/C12H11BrN2O3S/c1-18-12-5-9(2-3-11(12)15(16)17)14-6-10-4-8(13)7-19-10/h2-5,7,14H,6H2,1H3. The summed E-state index contributed by atoms with van der Waals surface area (Å²) in [4.78, 5) is 11.5. The molecule has 0 amide bonds. The highest BCUT2D eigenvalue weighted by atomic mass is 79.9. The lowest BCUT2D eigenvalue weighted by Gasteiger charge is -2.07. The molecule has 0 unspecified atom stereocenters. The molecule has 0 aliphatic carbocycles. The van der Waals surface area contributed by atoms with Crippen LogP contribution in [0.25, 0.3) is 0 Å². The van der Waals surface area contributed by atoms with Gasteiger partial charge in [0, 0.05) is 39.1 Å². The Morgan fingerprint density at radius 2 is 2.26 bits per heavy atom.